The molecule has 3 aromatic rings. The van der Waals surface area contributed by atoms with Crippen molar-refractivity contribution in [3.63, 3.8) is 0 Å². The fourth-order valence-corrected chi connectivity index (χ4v) is 2.86. The summed E-state index contributed by atoms with van der Waals surface area (Å²) in [6.07, 6.45) is 1.81. The molecule has 3 rings (SSSR count). The van der Waals surface area contributed by atoms with E-state index in [9.17, 15) is 8.42 Å². The van der Waals surface area contributed by atoms with E-state index in [1.165, 1.54) is 12.1 Å². The van der Waals surface area contributed by atoms with Crippen LogP contribution in [0.4, 0.5) is 0 Å². The molecule has 0 aliphatic carbocycles. The van der Waals surface area contributed by atoms with Crippen molar-refractivity contribution in [2.75, 3.05) is 0 Å². The van der Waals surface area contributed by atoms with E-state index in [1.807, 2.05) is 30.3 Å². The molecule has 0 spiro atoms. The third-order valence-corrected chi connectivity index (χ3v) is 4.57. The molecule has 4 nitrogen and oxygen atoms in total. The van der Waals surface area contributed by atoms with Crippen molar-refractivity contribution in [2.24, 2.45) is 0 Å². The molecule has 3 aromatic carbocycles. The Morgan fingerprint density at radius 3 is 2.29 bits per heavy atom. The van der Waals surface area contributed by atoms with Gasteiger partial charge in [0.2, 0.25) is 0 Å². The van der Waals surface area contributed by atoms with Crippen molar-refractivity contribution in [3.8, 4) is 5.75 Å². The predicted octanol–water partition coefficient (Wildman–Crippen LogP) is 4.31. The first-order chi connectivity index (χ1) is 11.5. The Bertz CT molecular complexity index is 990. The Labute approximate surface area is 140 Å². The van der Waals surface area contributed by atoms with Gasteiger partial charge in [-0.2, -0.15) is 8.42 Å². The lowest BCUT2D eigenvalue weighted by molar-refractivity contribution is 0.306. The van der Waals surface area contributed by atoms with Crippen molar-refractivity contribution in [3.05, 3.63) is 78.4 Å². The van der Waals surface area contributed by atoms with Gasteiger partial charge in [-0.1, -0.05) is 43.0 Å². The average molecular weight is 340 g/mol. The molecule has 5 heteroatoms. The normalized spacial score (nSPS) is 11.4. The van der Waals surface area contributed by atoms with E-state index >= 15 is 0 Å². The number of hydrogen-bond donors (Lipinski definition) is 1. The molecule has 1 N–H and O–H groups in total. The van der Waals surface area contributed by atoms with Gasteiger partial charge in [0.25, 0.3) is 10.1 Å². The summed E-state index contributed by atoms with van der Waals surface area (Å²) in [7, 11) is -4.16. The first kappa shape index (κ1) is 16.2. The fraction of sp³-hybridized carbons (Fsp3) is 0.0526. The first-order valence-electron chi connectivity index (χ1n) is 7.31. The third kappa shape index (κ3) is 3.64. The third-order valence-electron chi connectivity index (χ3n) is 3.70. The zero-order chi connectivity index (χ0) is 17.2. The van der Waals surface area contributed by atoms with Gasteiger partial charge < -0.3 is 4.74 Å². The van der Waals surface area contributed by atoms with Crippen molar-refractivity contribution >= 4 is 27.0 Å². The molecular formula is C19H16O4S. The monoisotopic (exact) mass is 340 g/mol. The van der Waals surface area contributed by atoms with E-state index in [0.717, 1.165) is 27.6 Å². The molecule has 0 atom stereocenters. The van der Waals surface area contributed by atoms with Crippen LogP contribution in [0.2, 0.25) is 0 Å². The Morgan fingerprint density at radius 2 is 1.62 bits per heavy atom. The molecular weight excluding hydrogens is 324 g/mol. The van der Waals surface area contributed by atoms with Gasteiger partial charge in [0.15, 0.2) is 0 Å². The summed E-state index contributed by atoms with van der Waals surface area (Å²) in [6.45, 7) is 4.07. The fourth-order valence-electron chi connectivity index (χ4n) is 2.38. The molecule has 0 amide bonds. The number of ether oxygens (including phenoxy) is 1. The van der Waals surface area contributed by atoms with Crippen LogP contribution in [-0.4, -0.2) is 13.0 Å². The van der Waals surface area contributed by atoms with Crippen LogP contribution in [0.3, 0.4) is 0 Å². The van der Waals surface area contributed by atoms with Crippen LogP contribution in [-0.2, 0) is 16.7 Å². The lowest BCUT2D eigenvalue weighted by Gasteiger charge is -2.08. The van der Waals surface area contributed by atoms with Crippen molar-refractivity contribution in [1.82, 2.24) is 0 Å². The van der Waals surface area contributed by atoms with Gasteiger partial charge in [-0.3, -0.25) is 4.55 Å². The highest BCUT2D eigenvalue weighted by Gasteiger charge is 2.08. The minimum Gasteiger partial charge on any atom is -0.489 e. The smallest absolute Gasteiger partial charge is 0.294 e. The summed E-state index contributed by atoms with van der Waals surface area (Å²) in [4.78, 5) is -0.130. The van der Waals surface area contributed by atoms with E-state index in [1.54, 1.807) is 18.2 Å². The minimum atomic E-state index is -4.16. The van der Waals surface area contributed by atoms with Gasteiger partial charge in [0, 0.05) is 0 Å². The Morgan fingerprint density at radius 1 is 0.958 bits per heavy atom. The van der Waals surface area contributed by atoms with E-state index in [4.69, 9.17) is 9.29 Å². The topological polar surface area (TPSA) is 63.6 Å². The number of hydrogen-bond acceptors (Lipinski definition) is 3. The van der Waals surface area contributed by atoms with Crippen LogP contribution in [0.15, 0.2) is 72.1 Å². The van der Waals surface area contributed by atoms with E-state index in [2.05, 4.69) is 12.6 Å². The van der Waals surface area contributed by atoms with Crippen LogP contribution in [0.25, 0.3) is 16.8 Å². The Kier molecular flexibility index (Phi) is 4.38. The van der Waals surface area contributed by atoms with Gasteiger partial charge in [-0.05, 0) is 52.2 Å². The molecule has 0 bridgehead atoms. The Hall–Kier alpha value is -2.63. The van der Waals surface area contributed by atoms with Crippen LogP contribution in [0, 0.1) is 0 Å². The lowest BCUT2D eigenvalue weighted by Crippen LogP contribution is -1.99. The maximum atomic E-state index is 11.0. The molecule has 0 aliphatic heterocycles. The highest BCUT2D eigenvalue weighted by atomic mass is 32.2. The molecule has 0 saturated heterocycles. The summed E-state index contributed by atoms with van der Waals surface area (Å²) < 4.78 is 36.7. The van der Waals surface area contributed by atoms with E-state index < -0.39 is 10.1 Å². The van der Waals surface area contributed by atoms with Crippen LogP contribution < -0.4 is 4.74 Å². The molecule has 0 aliphatic rings. The highest BCUT2D eigenvalue weighted by molar-refractivity contribution is 7.85. The summed E-state index contributed by atoms with van der Waals surface area (Å²) in [5.41, 5.74) is 1.87. The van der Waals surface area contributed by atoms with E-state index in [0.29, 0.717) is 6.61 Å². The SMILES string of the molecule is C=Cc1ccc2cc(OCc3ccc(S(=O)(=O)O)cc3)ccc2c1. The number of rotatable bonds is 5. The summed E-state index contributed by atoms with van der Waals surface area (Å²) in [5, 5.41) is 2.18. The molecule has 0 aromatic heterocycles. The molecule has 122 valence electrons. The quantitative estimate of drug-likeness (QED) is 0.703. The maximum absolute atomic E-state index is 11.0. The molecule has 0 heterocycles. The summed E-state index contributed by atoms with van der Waals surface area (Å²) >= 11 is 0. The zero-order valence-corrected chi connectivity index (χ0v) is 13.7. The molecule has 0 radical (unpaired) electrons. The number of fused-ring (bicyclic) bond motifs is 1. The lowest BCUT2D eigenvalue weighted by atomic mass is 10.1. The summed E-state index contributed by atoms with van der Waals surface area (Å²) in [5.74, 6) is 0.729. The van der Waals surface area contributed by atoms with Gasteiger partial charge in [0.1, 0.15) is 12.4 Å². The highest BCUT2D eigenvalue weighted by Crippen LogP contribution is 2.23. The molecule has 0 unspecified atom stereocenters. The van der Waals surface area contributed by atoms with Gasteiger partial charge in [-0.25, -0.2) is 0 Å². The largest absolute Gasteiger partial charge is 0.489 e. The second kappa shape index (κ2) is 6.47. The second-order valence-corrected chi connectivity index (χ2v) is 6.80. The predicted molar refractivity (Wildman–Crippen MR) is 94.6 cm³/mol. The molecule has 0 saturated carbocycles. The van der Waals surface area contributed by atoms with E-state index in [-0.39, 0.29) is 4.90 Å². The van der Waals surface area contributed by atoms with Crippen molar-refractivity contribution in [2.45, 2.75) is 11.5 Å². The van der Waals surface area contributed by atoms with Crippen LogP contribution >= 0.6 is 0 Å². The molecule has 0 fully saturated rings. The summed E-state index contributed by atoms with van der Waals surface area (Å²) in [6, 6.07) is 17.8. The number of benzene rings is 3. The first-order valence-corrected chi connectivity index (χ1v) is 8.75. The van der Waals surface area contributed by atoms with Crippen molar-refractivity contribution < 1.29 is 17.7 Å². The standard InChI is InChI=1S/C19H16O4S/c1-2-14-3-6-17-12-18(8-7-16(17)11-14)23-13-15-4-9-19(10-5-15)24(20,21)22/h2-12H,1,13H2,(H,20,21,22). The molecule has 24 heavy (non-hydrogen) atoms. The Balaban J connectivity index is 1.74. The second-order valence-electron chi connectivity index (χ2n) is 5.38. The minimum absolute atomic E-state index is 0.130. The average Bonchev–Trinajstić information content (AvgIpc) is 2.59. The van der Waals surface area contributed by atoms with Gasteiger partial charge in [0.05, 0.1) is 4.90 Å². The zero-order valence-electron chi connectivity index (χ0n) is 12.8. The van der Waals surface area contributed by atoms with Crippen LogP contribution in [0.1, 0.15) is 11.1 Å². The maximum Gasteiger partial charge on any atom is 0.294 e. The van der Waals surface area contributed by atoms with Gasteiger partial charge >= 0.3 is 0 Å². The van der Waals surface area contributed by atoms with Crippen LogP contribution in [0.5, 0.6) is 5.75 Å². The van der Waals surface area contributed by atoms with Crippen molar-refractivity contribution in [1.29, 1.82) is 0 Å². The van der Waals surface area contributed by atoms with Gasteiger partial charge in [-0.15, -0.1) is 0 Å².